The molecular formula is C13H16ClNOS. The maximum Gasteiger partial charge on any atom is 0.231 e. The van der Waals surface area contributed by atoms with E-state index in [1.165, 1.54) is 0 Å². The number of unbranched alkanes of at least 4 members (excludes halogenated alkanes) is 2. The van der Waals surface area contributed by atoms with Gasteiger partial charge in [-0.15, -0.1) is 0 Å². The molecular weight excluding hydrogens is 254 g/mol. The van der Waals surface area contributed by atoms with Crippen molar-refractivity contribution >= 4 is 35.8 Å². The van der Waals surface area contributed by atoms with Gasteiger partial charge in [0.1, 0.15) is 0 Å². The number of amides is 1. The second-order valence-electron chi connectivity index (χ2n) is 4.28. The van der Waals surface area contributed by atoms with E-state index in [1.807, 2.05) is 23.1 Å². The number of rotatable bonds is 5. The van der Waals surface area contributed by atoms with Gasteiger partial charge in [0.15, 0.2) is 0 Å². The van der Waals surface area contributed by atoms with Crippen LogP contribution in [0.25, 0.3) is 0 Å². The van der Waals surface area contributed by atoms with Crippen molar-refractivity contribution in [2.75, 3.05) is 17.2 Å². The smallest absolute Gasteiger partial charge is 0.231 e. The standard InChI is InChI=1S/C13H16ClNOS/c14-11-5-4-10-8-13(16)15(12(10)9-11)6-2-1-3-7-17/h4-5,9,17H,1-3,6-8H2. The number of anilines is 1. The first-order valence-corrected chi connectivity index (χ1v) is 6.93. The van der Waals surface area contributed by atoms with Crippen molar-refractivity contribution in [1.29, 1.82) is 0 Å². The van der Waals surface area contributed by atoms with Gasteiger partial charge in [-0.25, -0.2) is 0 Å². The number of hydrogen-bond acceptors (Lipinski definition) is 2. The molecule has 0 fully saturated rings. The molecule has 1 aliphatic rings. The zero-order valence-corrected chi connectivity index (χ0v) is 11.3. The maximum atomic E-state index is 11.9. The van der Waals surface area contributed by atoms with Gasteiger partial charge in [0, 0.05) is 17.3 Å². The van der Waals surface area contributed by atoms with E-state index in [9.17, 15) is 4.79 Å². The maximum absolute atomic E-state index is 11.9. The van der Waals surface area contributed by atoms with E-state index in [2.05, 4.69) is 12.6 Å². The Kier molecular flexibility index (Phi) is 4.35. The van der Waals surface area contributed by atoms with E-state index in [4.69, 9.17) is 11.6 Å². The fraction of sp³-hybridized carbons (Fsp3) is 0.462. The minimum Gasteiger partial charge on any atom is -0.312 e. The van der Waals surface area contributed by atoms with Crippen molar-refractivity contribution in [3.05, 3.63) is 28.8 Å². The molecule has 1 aliphatic heterocycles. The third-order valence-electron chi connectivity index (χ3n) is 3.02. The van der Waals surface area contributed by atoms with E-state index in [0.29, 0.717) is 11.4 Å². The van der Waals surface area contributed by atoms with E-state index in [-0.39, 0.29) is 5.91 Å². The number of thiol groups is 1. The van der Waals surface area contributed by atoms with E-state index in [1.54, 1.807) is 0 Å². The summed E-state index contributed by atoms with van der Waals surface area (Å²) in [5, 5.41) is 0.693. The lowest BCUT2D eigenvalue weighted by atomic mass is 10.2. The van der Waals surface area contributed by atoms with Gasteiger partial charge in [0.25, 0.3) is 0 Å². The molecule has 17 heavy (non-hydrogen) atoms. The van der Waals surface area contributed by atoms with Crippen LogP contribution in [-0.2, 0) is 11.2 Å². The average Bonchev–Trinajstić information content (AvgIpc) is 2.61. The highest BCUT2D eigenvalue weighted by Gasteiger charge is 2.26. The molecule has 0 N–H and O–H groups in total. The molecule has 0 bridgehead atoms. The lowest BCUT2D eigenvalue weighted by Crippen LogP contribution is -2.27. The van der Waals surface area contributed by atoms with Crippen LogP contribution in [0, 0.1) is 0 Å². The van der Waals surface area contributed by atoms with Gasteiger partial charge in [0.2, 0.25) is 5.91 Å². The monoisotopic (exact) mass is 269 g/mol. The summed E-state index contributed by atoms with van der Waals surface area (Å²) < 4.78 is 0. The highest BCUT2D eigenvalue weighted by molar-refractivity contribution is 7.80. The number of fused-ring (bicyclic) bond motifs is 1. The number of benzene rings is 1. The van der Waals surface area contributed by atoms with Crippen molar-refractivity contribution in [1.82, 2.24) is 0 Å². The molecule has 0 unspecified atom stereocenters. The summed E-state index contributed by atoms with van der Waals surface area (Å²) >= 11 is 10.2. The lowest BCUT2D eigenvalue weighted by molar-refractivity contribution is -0.117. The van der Waals surface area contributed by atoms with Crippen LogP contribution in [0.5, 0.6) is 0 Å². The number of halogens is 1. The lowest BCUT2D eigenvalue weighted by Gasteiger charge is -2.17. The van der Waals surface area contributed by atoms with Gasteiger partial charge in [-0.3, -0.25) is 4.79 Å². The summed E-state index contributed by atoms with van der Waals surface area (Å²) in [5.74, 6) is 1.10. The highest BCUT2D eigenvalue weighted by atomic mass is 35.5. The van der Waals surface area contributed by atoms with Gasteiger partial charge in [-0.2, -0.15) is 12.6 Å². The molecule has 0 aliphatic carbocycles. The normalized spacial score (nSPS) is 14.2. The third-order valence-corrected chi connectivity index (χ3v) is 3.57. The van der Waals surface area contributed by atoms with Gasteiger partial charge >= 0.3 is 0 Å². The summed E-state index contributed by atoms with van der Waals surface area (Å²) in [6.45, 7) is 0.792. The number of hydrogen-bond donors (Lipinski definition) is 1. The fourth-order valence-corrected chi connectivity index (χ4v) is 2.52. The molecule has 2 nitrogen and oxygen atoms in total. The first-order chi connectivity index (χ1) is 8.22. The topological polar surface area (TPSA) is 20.3 Å². The Hall–Kier alpha value is -0.670. The van der Waals surface area contributed by atoms with Crippen molar-refractivity contribution in [3.63, 3.8) is 0 Å². The van der Waals surface area contributed by atoms with Crippen LogP contribution in [0.1, 0.15) is 24.8 Å². The zero-order chi connectivity index (χ0) is 12.3. The molecule has 0 saturated carbocycles. The molecule has 1 heterocycles. The predicted molar refractivity (Wildman–Crippen MR) is 75.2 cm³/mol. The van der Waals surface area contributed by atoms with Gasteiger partial charge < -0.3 is 4.90 Å². The van der Waals surface area contributed by atoms with Crippen LogP contribution in [0.3, 0.4) is 0 Å². The second kappa shape index (κ2) is 5.78. The first-order valence-electron chi connectivity index (χ1n) is 5.92. The molecule has 0 spiro atoms. The van der Waals surface area contributed by atoms with Crippen LogP contribution in [0.15, 0.2) is 18.2 Å². The molecule has 92 valence electrons. The number of carbonyl (C=O) groups is 1. The Morgan fingerprint density at radius 1 is 1.29 bits per heavy atom. The largest absolute Gasteiger partial charge is 0.312 e. The summed E-state index contributed by atoms with van der Waals surface area (Å²) in [4.78, 5) is 13.7. The molecule has 1 aromatic carbocycles. The second-order valence-corrected chi connectivity index (χ2v) is 5.16. The number of nitrogens with zero attached hydrogens (tertiary/aromatic N) is 1. The zero-order valence-electron chi connectivity index (χ0n) is 9.66. The summed E-state index contributed by atoms with van der Waals surface area (Å²) in [5.41, 5.74) is 2.09. The van der Waals surface area contributed by atoms with E-state index >= 15 is 0 Å². The van der Waals surface area contributed by atoms with Crippen LogP contribution >= 0.6 is 24.2 Å². The minimum atomic E-state index is 0.188. The summed E-state index contributed by atoms with van der Waals surface area (Å²) in [6.07, 6.45) is 3.76. The number of carbonyl (C=O) groups excluding carboxylic acids is 1. The molecule has 2 rings (SSSR count). The minimum absolute atomic E-state index is 0.188. The third kappa shape index (κ3) is 2.96. The Labute approximate surface area is 112 Å². The summed E-state index contributed by atoms with van der Waals surface area (Å²) in [6, 6.07) is 5.68. The van der Waals surface area contributed by atoms with Crippen LogP contribution in [0.4, 0.5) is 5.69 Å². The Morgan fingerprint density at radius 2 is 2.12 bits per heavy atom. The van der Waals surface area contributed by atoms with E-state index < -0.39 is 0 Å². The van der Waals surface area contributed by atoms with Crippen molar-refractivity contribution in [3.8, 4) is 0 Å². The highest BCUT2D eigenvalue weighted by Crippen LogP contribution is 2.31. The molecule has 1 aromatic rings. The van der Waals surface area contributed by atoms with Crippen molar-refractivity contribution in [2.24, 2.45) is 0 Å². The van der Waals surface area contributed by atoms with E-state index in [0.717, 1.165) is 42.8 Å². The average molecular weight is 270 g/mol. The Bertz CT molecular complexity index is 422. The molecule has 0 aromatic heterocycles. The van der Waals surface area contributed by atoms with Gasteiger partial charge in [0.05, 0.1) is 6.42 Å². The fourth-order valence-electron chi connectivity index (χ4n) is 2.13. The van der Waals surface area contributed by atoms with Crippen LogP contribution in [0.2, 0.25) is 5.02 Å². The molecule has 4 heteroatoms. The van der Waals surface area contributed by atoms with Crippen LogP contribution < -0.4 is 4.90 Å². The molecule has 0 saturated heterocycles. The van der Waals surface area contributed by atoms with Crippen molar-refractivity contribution < 1.29 is 4.79 Å². The molecule has 0 radical (unpaired) electrons. The quantitative estimate of drug-likeness (QED) is 0.642. The van der Waals surface area contributed by atoms with Gasteiger partial charge in [-0.1, -0.05) is 24.1 Å². The predicted octanol–water partition coefficient (Wildman–Crippen LogP) is 3.33. The van der Waals surface area contributed by atoms with Gasteiger partial charge in [-0.05, 0) is 36.3 Å². The Morgan fingerprint density at radius 3 is 2.88 bits per heavy atom. The van der Waals surface area contributed by atoms with Crippen LogP contribution in [-0.4, -0.2) is 18.2 Å². The summed E-state index contributed by atoms with van der Waals surface area (Å²) in [7, 11) is 0. The molecule has 1 amide bonds. The SMILES string of the molecule is O=C1Cc2ccc(Cl)cc2N1CCCCCS. The Balaban J connectivity index is 2.03. The first kappa shape index (κ1) is 12.8. The molecule has 0 atom stereocenters. The van der Waals surface area contributed by atoms with Crippen molar-refractivity contribution in [2.45, 2.75) is 25.7 Å².